The quantitative estimate of drug-likeness (QED) is 0.311. The lowest BCUT2D eigenvalue weighted by molar-refractivity contribution is -0.107. The Bertz CT molecular complexity index is 1270. The van der Waals surface area contributed by atoms with Gasteiger partial charge in [0, 0.05) is 12.8 Å². The summed E-state index contributed by atoms with van der Waals surface area (Å²) in [5.41, 5.74) is -0.409. The minimum absolute atomic E-state index is 0.0259. The number of fused-ring (bicyclic) bond motifs is 5. The van der Waals surface area contributed by atoms with Crippen molar-refractivity contribution in [2.75, 3.05) is 0 Å². The molecule has 0 aromatic heterocycles. The molecule has 5 aliphatic rings. The zero-order chi connectivity index (χ0) is 30.0. The standard InChI is InChI=1S/C35H50F2O4S/c1-3-33(38)16-14-28-24(22-33)9-11-30-29(28)13-15-32(2)25(10-12-31(30)32)21-27(42(40,41)26-7-5-4-6-8-26)23-34(39)17-19-35(36,37)20-18-34/h4-9,25,27-31,38-39H,3,10-23H2,1-2H3/t25?,27?,28?,29?,30?,31?,32?,33-/m0/s1. The molecule has 0 heterocycles. The summed E-state index contributed by atoms with van der Waals surface area (Å²) in [5.74, 6) is -0.192. The van der Waals surface area contributed by atoms with E-state index in [0.29, 0.717) is 30.1 Å². The van der Waals surface area contributed by atoms with Gasteiger partial charge in [-0.1, -0.05) is 43.7 Å². The number of allylic oxidation sites excluding steroid dienone is 1. The Labute approximate surface area is 251 Å². The van der Waals surface area contributed by atoms with Crippen LogP contribution in [0.4, 0.5) is 8.78 Å². The van der Waals surface area contributed by atoms with Crippen LogP contribution in [0.5, 0.6) is 0 Å². The third-order valence-corrected chi connectivity index (χ3v) is 15.2. The maximum Gasteiger partial charge on any atom is 0.248 e. The molecule has 8 atom stereocenters. The van der Waals surface area contributed by atoms with Gasteiger partial charge in [0.25, 0.3) is 0 Å². The van der Waals surface area contributed by atoms with Gasteiger partial charge < -0.3 is 10.2 Å². The molecule has 6 rings (SSSR count). The lowest BCUT2D eigenvalue weighted by atomic mass is 9.51. The van der Waals surface area contributed by atoms with Crippen LogP contribution in [0.3, 0.4) is 0 Å². The van der Waals surface area contributed by atoms with Gasteiger partial charge in [0.15, 0.2) is 9.84 Å². The van der Waals surface area contributed by atoms with Crippen LogP contribution in [0, 0.1) is 35.0 Å². The van der Waals surface area contributed by atoms with Crippen molar-refractivity contribution in [1.82, 2.24) is 0 Å². The second-order valence-corrected chi connectivity index (χ2v) is 17.4. The molecule has 4 nitrogen and oxygen atoms in total. The molecular weight excluding hydrogens is 554 g/mol. The SMILES string of the molecule is CC[C@]1(O)CCC2C(=CCC3C2CCC2(C)C(CC(CC4(O)CCC(F)(F)CC4)S(=O)(=O)c4ccccc4)CCC32)C1. The highest BCUT2D eigenvalue weighted by atomic mass is 32.2. The zero-order valence-corrected chi connectivity index (χ0v) is 26.2. The van der Waals surface area contributed by atoms with Crippen molar-refractivity contribution in [3.05, 3.63) is 42.0 Å². The van der Waals surface area contributed by atoms with E-state index in [9.17, 15) is 27.4 Å². The molecule has 4 fully saturated rings. The van der Waals surface area contributed by atoms with Gasteiger partial charge in [0.2, 0.25) is 5.92 Å². The summed E-state index contributed by atoms with van der Waals surface area (Å²) >= 11 is 0. The van der Waals surface area contributed by atoms with Crippen molar-refractivity contribution in [2.24, 2.45) is 35.0 Å². The van der Waals surface area contributed by atoms with E-state index >= 15 is 0 Å². The minimum atomic E-state index is -3.75. The monoisotopic (exact) mass is 604 g/mol. The summed E-state index contributed by atoms with van der Waals surface area (Å²) in [6, 6.07) is 8.50. The third-order valence-electron chi connectivity index (χ3n) is 13.0. The third kappa shape index (κ3) is 5.53. The molecule has 2 N–H and O–H groups in total. The first-order valence-electron chi connectivity index (χ1n) is 16.6. The van der Waals surface area contributed by atoms with Crippen LogP contribution < -0.4 is 0 Å². The van der Waals surface area contributed by atoms with E-state index in [1.54, 1.807) is 30.3 Å². The van der Waals surface area contributed by atoms with Crippen molar-refractivity contribution in [3.63, 3.8) is 0 Å². The molecule has 5 aliphatic carbocycles. The van der Waals surface area contributed by atoms with Crippen LogP contribution in [0.15, 0.2) is 46.9 Å². The Morgan fingerprint density at radius 1 is 0.905 bits per heavy atom. The minimum Gasteiger partial charge on any atom is -0.390 e. The van der Waals surface area contributed by atoms with Crippen molar-refractivity contribution < 1.29 is 27.4 Å². The van der Waals surface area contributed by atoms with Crippen LogP contribution in [0.25, 0.3) is 0 Å². The molecule has 4 saturated carbocycles. The lowest BCUT2D eigenvalue weighted by Gasteiger charge is -2.55. The summed E-state index contributed by atoms with van der Waals surface area (Å²) < 4.78 is 56.2. The number of hydrogen-bond acceptors (Lipinski definition) is 4. The van der Waals surface area contributed by atoms with Crippen molar-refractivity contribution in [3.8, 4) is 0 Å². The van der Waals surface area contributed by atoms with E-state index in [0.717, 1.165) is 57.8 Å². The normalized spacial score (nSPS) is 39.9. The first-order valence-corrected chi connectivity index (χ1v) is 18.1. The highest BCUT2D eigenvalue weighted by molar-refractivity contribution is 7.92. The number of rotatable bonds is 7. The smallest absolute Gasteiger partial charge is 0.248 e. The topological polar surface area (TPSA) is 74.6 Å². The first-order chi connectivity index (χ1) is 19.8. The van der Waals surface area contributed by atoms with Crippen molar-refractivity contribution >= 4 is 9.84 Å². The van der Waals surface area contributed by atoms with E-state index < -0.39 is 32.2 Å². The summed E-state index contributed by atoms with van der Waals surface area (Å²) in [6.45, 7) is 4.48. The summed E-state index contributed by atoms with van der Waals surface area (Å²) in [6.07, 6.45) is 11.0. The predicted molar refractivity (Wildman–Crippen MR) is 161 cm³/mol. The average Bonchev–Trinajstić information content (AvgIpc) is 3.30. The van der Waals surface area contributed by atoms with Crippen LogP contribution in [-0.2, 0) is 9.84 Å². The molecule has 0 aliphatic heterocycles. The molecule has 0 radical (unpaired) electrons. The lowest BCUT2D eigenvalue weighted by Crippen LogP contribution is -2.48. The largest absolute Gasteiger partial charge is 0.390 e. The number of benzene rings is 1. The molecule has 7 heteroatoms. The maximum absolute atomic E-state index is 14.1. The molecule has 0 amide bonds. The van der Waals surface area contributed by atoms with Crippen molar-refractivity contribution in [2.45, 2.75) is 137 Å². The van der Waals surface area contributed by atoms with Gasteiger partial charge in [-0.05, 0) is 131 Å². The predicted octanol–water partition coefficient (Wildman–Crippen LogP) is 7.88. The van der Waals surface area contributed by atoms with Gasteiger partial charge >= 0.3 is 0 Å². The Hall–Kier alpha value is -1.31. The van der Waals surface area contributed by atoms with Gasteiger partial charge in [0.05, 0.1) is 21.3 Å². The molecule has 1 aromatic carbocycles. The van der Waals surface area contributed by atoms with Gasteiger partial charge in [-0.2, -0.15) is 0 Å². The van der Waals surface area contributed by atoms with E-state index in [-0.39, 0.29) is 48.3 Å². The van der Waals surface area contributed by atoms with Gasteiger partial charge in [-0.25, -0.2) is 17.2 Å². The Morgan fingerprint density at radius 3 is 2.31 bits per heavy atom. The fraction of sp³-hybridized carbons (Fsp3) is 0.771. The van der Waals surface area contributed by atoms with Crippen molar-refractivity contribution in [1.29, 1.82) is 0 Å². The van der Waals surface area contributed by atoms with Gasteiger partial charge in [0.1, 0.15) is 0 Å². The van der Waals surface area contributed by atoms with E-state index in [4.69, 9.17) is 0 Å². The summed E-state index contributed by atoms with van der Waals surface area (Å²) in [7, 11) is -3.75. The zero-order valence-electron chi connectivity index (χ0n) is 25.4. The molecule has 42 heavy (non-hydrogen) atoms. The van der Waals surface area contributed by atoms with Crippen LogP contribution in [0.1, 0.15) is 110 Å². The average molecular weight is 605 g/mol. The van der Waals surface area contributed by atoms with Crippen LogP contribution in [0.2, 0.25) is 0 Å². The number of aliphatic hydroxyl groups is 2. The molecule has 0 spiro atoms. The maximum atomic E-state index is 14.1. The number of hydrogen-bond donors (Lipinski definition) is 2. The molecule has 1 aromatic rings. The Morgan fingerprint density at radius 2 is 1.62 bits per heavy atom. The summed E-state index contributed by atoms with van der Waals surface area (Å²) in [4.78, 5) is 0.262. The van der Waals surface area contributed by atoms with Crippen LogP contribution >= 0.6 is 0 Å². The molecule has 0 saturated heterocycles. The fourth-order valence-electron chi connectivity index (χ4n) is 10.3. The van der Waals surface area contributed by atoms with E-state index in [1.165, 1.54) is 5.57 Å². The summed E-state index contributed by atoms with van der Waals surface area (Å²) in [5, 5.41) is 21.6. The number of sulfone groups is 1. The van der Waals surface area contributed by atoms with Gasteiger partial charge in [-0.15, -0.1) is 0 Å². The second-order valence-electron chi connectivity index (χ2n) is 15.2. The molecule has 234 valence electrons. The Kier molecular flexibility index (Phi) is 8.00. The highest BCUT2D eigenvalue weighted by Gasteiger charge is 2.57. The first kappa shape index (κ1) is 30.7. The molecular formula is C35H50F2O4S. The second kappa shape index (κ2) is 10.9. The number of alkyl halides is 2. The highest BCUT2D eigenvalue weighted by Crippen LogP contribution is 2.64. The fourth-order valence-corrected chi connectivity index (χ4v) is 12.2. The van der Waals surface area contributed by atoms with E-state index in [2.05, 4.69) is 19.9 Å². The Balaban J connectivity index is 1.24. The van der Waals surface area contributed by atoms with E-state index in [1.807, 2.05) is 0 Å². The molecule has 0 bridgehead atoms. The van der Waals surface area contributed by atoms with Gasteiger partial charge in [-0.3, -0.25) is 0 Å². The van der Waals surface area contributed by atoms with Crippen LogP contribution in [-0.4, -0.2) is 41.0 Å². The number of halogens is 2. The molecule has 7 unspecified atom stereocenters.